The van der Waals surface area contributed by atoms with Crippen molar-refractivity contribution < 1.29 is 14.6 Å². The number of aliphatic carboxylic acids is 1. The summed E-state index contributed by atoms with van der Waals surface area (Å²) in [5.41, 5.74) is 0. The van der Waals surface area contributed by atoms with Gasteiger partial charge in [-0.2, -0.15) is 0 Å². The fourth-order valence-electron chi connectivity index (χ4n) is 1.45. The molecule has 1 fully saturated rings. The van der Waals surface area contributed by atoms with E-state index in [0.717, 1.165) is 26.2 Å². The van der Waals surface area contributed by atoms with E-state index in [0.29, 0.717) is 6.54 Å². The third-order valence-electron chi connectivity index (χ3n) is 2.23. The maximum absolute atomic E-state index is 10.2. The smallest absolute Gasteiger partial charge is 0.304 e. The Morgan fingerprint density at radius 3 is 3.00 bits per heavy atom. The number of nitrogens with one attached hydrogen (secondary N) is 1. The van der Waals surface area contributed by atoms with E-state index in [1.54, 1.807) is 0 Å². The second-order valence-corrected chi connectivity index (χ2v) is 3.60. The standard InChI is InChI=1S/C9H18N2O3.ClH/c1-11-4-5-14-8(7-11)6-10-3-2-9(12)13;/h8,10H,2-7H2,1H3,(H,12,13);1H. The van der Waals surface area contributed by atoms with Crippen molar-refractivity contribution in [2.75, 3.05) is 39.8 Å². The molecule has 0 aromatic carbocycles. The lowest BCUT2D eigenvalue weighted by atomic mass is 10.3. The van der Waals surface area contributed by atoms with Gasteiger partial charge in [0.05, 0.1) is 19.1 Å². The van der Waals surface area contributed by atoms with E-state index in [2.05, 4.69) is 17.3 Å². The van der Waals surface area contributed by atoms with Crippen molar-refractivity contribution >= 4 is 18.4 Å². The number of likely N-dealkylation sites (N-methyl/N-ethyl adjacent to an activating group) is 1. The summed E-state index contributed by atoms with van der Waals surface area (Å²) in [5.74, 6) is -0.765. The molecule has 90 valence electrons. The Balaban J connectivity index is 0.00000196. The molecule has 0 aromatic rings. The summed E-state index contributed by atoms with van der Waals surface area (Å²) in [5, 5.41) is 11.5. The number of morpholine rings is 1. The third kappa shape index (κ3) is 6.67. The van der Waals surface area contributed by atoms with Crippen molar-refractivity contribution in [2.24, 2.45) is 0 Å². The average molecular weight is 239 g/mol. The summed E-state index contributed by atoms with van der Waals surface area (Å²) in [6, 6.07) is 0. The monoisotopic (exact) mass is 238 g/mol. The number of carboxylic acids is 1. The molecule has 5 nitrogen and oxygen atoms in total. The van der Waals surface area contributed by atoms with Gasteiger partial charge in [0.15, 0.2) is 0 Å². The Morgan fingerprint density at radius 1 is 1.67 bits per heavy atom. The van der Waals surface area contributed by atoms with Crippen LogP contribution in [-0.2, 0) is 9.53 Å². The Kier molecular flexibility index (Phi) is 7.68. The van der Waals surface area contributed by atoms with Gasteiger partial charge < -0.3 is 20.1 Å². The zero-order chi connectivity index (χ0) is 10.4. The summed E-state index contributed by atoms with van der Waals surface area (Å²) in [4.78, 5) is 12.4. The number of rotatable bonds is 5. The van der Waals surface area contributed by atoms with Crippen LogP contribution in [-0.4, -0.2) is 61.9 Å². The molecule has 2 N–H and O–H groups in total. The number of hydrogen-bond donors (Lipinski definition) is 2. The van der Waals surface area contributed by atoms with Crippen LogP contribution in [0.25, 0.3) is 0 Å². The van der Waals surface area contributed by atoms with Gasteiger partial charge in [-0.1, -0.05) is 0 Å². The Bertz CT molecular complexity index is 192. The minimum absolute atomic E-state index is 0. The van der Waals surface area contributed by atoms with Crippen molar-refractivity contribution in [3.05, 3.63) is 0 Å². The highest BCUT2D eigenvalue weighted by molar-refractivity contribution is 5.85. The van der Waals surface area contributed by atoms with E-state index in [1.807, 2.05) is 0 Å². The molecule has 0 aromatic heterocycles. The zero-order valence-electron chi connectivity index (χ0n) is 8.94. The molecular formula is C9H19ClN2O3. The minimum Gasteiger partial charge on any atom is -0.481 e. The van der Waals surface area contributed by atoms with Gasteiger partial charge >= 0.3 is 5.97 Å². The first-order valence-corrected chi connectivity index (χ1v) is 4.91. The van der Waals surface area contributed by atoms with Gasteiger partial charge in [0.2, 0.25) is 0 Å². The van der Waals surface area contributed by atoms with Gasteiger partial charge in [-0.25, -0.2) is 0 Å². The summed E-state index contributed by atoms with van der Waals surface area (Å²) in [6.45, 7) is 3.91. The lowest BCUT2D eigenvalue weighted by Gasteiger charge is -2.30. The van der Waals surface area contributed by atoms with Gasteiger partial charge in [0.1, 0.15) is 0 Å². The van der Waals surface area contributed by atoms with Crippen molar-refractivity contribution in [3.8, 4) is 0 Å². The molecule has 0 radical (unpaired) electrons. The number of hydrogen-bond acceptors (Lipinski definition) is 4. The summed E-state index contributed by atoms with van der Waals surface area (Å²) >= 11 is 0. The van der Waals surface area contributed by atoms with Crippen molar-refractivity contribution in [3.63, 3.8) is 0 Å². The van der Waals surface area contributed by atoms with E-state index in [4.69, 9.17) is 9.84 Å². The van der Waals surface area contributed by atoms with Crippen LogP contribution in [0, 0.1) is 0 Å². The molecule has 0 bridgehead atoms. The molecule has 1 aliphatic rings. The summed E-state index contributed by atoms with van der Waals surface area (Å²) in [6.07, 6.45) is 0.366. The van der Waals surface area contributed by atoms with E-state index < -0.39 is 5.97 Å². The molecule has 1 rings (SSSR count). The first kappa shape index (κ1) is 14.6. The molecule has 0 spiro atoms. The SMILES string of the molecule is CN1CCOC(CNCCC(=O)O)C1.Cl. The Morgan fingerprint density at radius 2 is 2.40 bits per heavy atom. The van der Waals surface area contributed by atoms with Crippen LogP contribution in [0.5, 0.6) is 0 Å². The third-order valence-corrected chi connectivity index (χ3v) is 2.23. The predicted octanol–water partition coefficient (Wildman–Crippen LogP) is -0.197. The number of carboxylic acid groups (broad SMARTS) is 1. The van der Waals surface area contributed by atoms with Gasteiger partial charge in [0, 0.05) is 26.2 Å². The molecule has 1 heterocycles. The molecule has 15 heavy (non-hydrogen) atoms. The van der Waals surface area contributed by atoms with Gasteiger partial charge in [-0.05, 0) is 7.05 Å². The van der Waals surface area contributed by atoms with Crippen LogP contribution in [0.1, 0.15) is 6.42 Å². The molecule has 0 saturated carbocycles. The maximum atomic E-state index is 10.2. The number of carbonyl (C=O) groups is 1. The van der Waals surface area contributed by atoms with Crippen LogP contribution >= 0.6 is 12.4 Å². The van der Waals surface area contributed by atoms with E-state index >= 15 is 0 Å². The lowest BCUT2D eigenvalue weighted by molar-refractivity contribution is -0.136. The lowest BCUT2D eigenvalue weighted by Crippen LogP contribution is -2.45. The molecule has 1 aliphatic heterocycles. The van der Waals surface area contributed by atoms with Gasteiger partial charge in [0.25, 0.3) is 0 Å². The molecule has 0 aliphatic carbocycles. The van der Waals surface area contributed by atoms with Gasteiger partial charge in [-0.3, -0.25) is 4.79 Å². The Hall–Kier alpha value is -0.360. The fraction of sp³-hybridized carbons (Fsp3) is 0.889. The molecule has 0 amide bonds. The van der Waals surface area contributed by atoms with E-state index in [9.17, 15) is 4.79 Å². The van der Waals surface area contributed by atoms with E-state index in [-0.39, 0.29) is 24.9 Å². The van der Waals surface area contributed by atoms with Crippen molar-refractivity contribution in [1.82, 2.24) is 10.2 Å². The van der Waals surface area contributed by atoms with Crippen molar-refractivity contribution in [2.45, 2.75) is 12.5 Å². The highest BCUT2D eigenvalue weighted by atomic mass is 35.5. The Labute approximate surface area is 96.2 Å². The summed E-state index contributed by atoms with van der Waals surface area (Å²) < 4.78 is 5.50. The summed E-state index contributed by atoms with van der Waals surface area (Å²) in [7, 11) is 2.06. The van der Waals surface area contributed by atoms with E-state index in [1.165, 1.54) is 0 Å². The van der Waals surface area contributed by atoms with Crippen molar-refractivity contribution in [1.29, 1.82) is 0 Å². The quantitative estimate of drug-likeness (QED) is 0.650. The second kappa shape index (κ2) is 7.87. The van der Waals surface area contributed by atoms with Crippen LogP contribution < -0.4 is 5.32 Å². The van der Waals surface area contributed by atoms with Crippen LogP contribution in [0.2, 0.25) is 0 Å². The largest absolute Gasteiger partial charge is 0.481 e. The molecule has 1 atom stereocenters. The normalized spacial score (nSPS) is 22.1. The molecule has 1 saturated heterocycles. The number of ether oxygens (including phenoxy) is 1. The first-order valence-electron chi connectivity index (χ1n) is 4.91. The van der Waals surface area contributed by atoms with Crippen LogP contribution in [0.4, 0.5) is 0 Å². The van der Waals surface area contributed by atoms with Crippen LogP contribution in [0.15, 0.2) is 0 Å². The zero-order valence-corrected chi connectivity index (χ0v) is 9.76. The first-order chi connectivity index (χ1) is 6.68. The molecule has 1 unspecified atom stereocenters. The highest BCUT2D eigenvalue weighted by Gasteiger charge is 2.16. The molecular weight excluding hydrogens is 220 g/mol. The minimum atomic E-state index is -0.765. The topological polar surface area (TPSA) is 61.8 Å². The highest BCUT2D eigenvalue weighted by Crippen LogP contribution is 2.01. The number of halogens is 1. The van der Waals surface area contributed by atoms with Gasteiger partial charge in [-0.15, -0.1) is 12.4 Å². The fourth-order valence-corrected chi connectivity index (χ4v) is 1.45. The average Bonchev–Trinajstić information content (AvgIpc) is 2.12. The maximum Gasteiger partial charge on any atom is 0.304 e. The number of nitrogens with zero attached hydrogens (tertiary/aromatic N) is 1. The van der Waals surface area contributed by atoms with Crippen LogP contribution in [0.3, 0.4) is 0 Å². The predicted molar refractivity (Wildman–Crippen MR) is 59.6 cm³/mol. The molecule has 6 heteroatoms. The second-order valence-electron chi connectivity index (χ2n) is 3.60.